The van der Waals surface area contributed by atoms with Gasteiger partial charge in [-0.15, -0.1) is 11.3 Å². The highest BCUT2D eigenvalue weighted by molar-refractivity contribution is 7.13. The van der Waals surface area contributed by atoms with Crippen LogP contribution in [0, 0.1) is 10.1 Å². The number of benzene rings is 2. The first-order valence-corrected chi connectivity index (χ1v) is 9.74. The van der Waals surface area contributed by atoms with Crippen molar-refractivity contribution in [2.24, 2.45) is 0 Å². The summed E-state index contributed by atoms with van der Waals surface area (Å²) in [7, 11) is 0. The van der Waals surface area contributed by atoms with Gasteiger partial charge in [0.25, 0.3) is 11.6 Å². The number of ether oxygens (including phenoxy) is 2. The Morgan fingerprint density at radius 1 is 1.17 bits per heavy atom. The second kappa shape index (κ2) is 9.61. The third kappa shape index (κ3) is 5.39. The van der Waals surface area contributed by atoms with Crippen LogP contribution in [-0.2, 0) is 11.3 Å². The molecule has 9 nitrogen and oxygen atoms in total. The normalized spacial score (nSPS) is 10.3. The molecule has 0 saturated carbocycles. The number of rotatable bonds is 8. The van der Waals surface area contributed by atoms with Crippen molar-refractivity contribution in [1.82, 2.24) is 4.98 Å². The summed E-state index contributed by atoms with van der Waals surface area (Å²) in [5.74, 6) is -0.682. The SMILES string of the molecule is CCOC(=O)c1cc(C(=O)Nc2nc(COc3ccccc3)cs2)cc([N+](=O)[O-])c1. The van der Waals surface area contributed by atoms with Crippen LogP contribution in [0.15, 0.2) is 53.9 Å². The second-order valence-corrected chi connectivity index (χ2v) is 6.80. The van der Waals surface area contributed by atoms with E-state index in [4.69, 9.17) is 9.47 Å². The van der Waals surface area contributed by atoms with E-state index in [9.17, 15) is 19.7 Å². The van der Waals surface area contributed by atoms with Crippen LogP contribution in [0.4, 0.5) is 10.8 Å². The number of hydrogen-bond acceptors (Lipinski definition) is 8. The van der Waals surface area contributed by atoms with Gasteiger partial charge in [-0.25, -0.2) is 9.78 Å². The van der Waals surface area contributed by atoms with Gasteiger partial charge in [0.15, 0.2) is 5.13 Å². The molecule has 2 aromatic carbocycles. The number of esters is 1. The van der Waals surface area contributed by atoms with Gasteiger partial charge in [0.05, 0.1) is 22.8 Å². The molecule has 10 heteroatoms. The lowest BCUT2D eigenvalue weighted by Gasteiger charge is -2.06. The Bertz CT molecular complexity index is 1070. The van der Waals surface area contributed by atoms with Crippen molar-refractivity contribution in [1.29, 1.82) is 0 Å². The third-order valence-electron chi connectivity index (χ3n) is 3.80. The van der Waals surface area contributed by atoms with E-state index in [0.29, 0.717) is 16.6 Å². The Hall–Kier alpha value is -3.79. The quantitative estimate of drug-likeness (QED) is 0.327. The number of para-hydroxylation sites is 1. The number of hydrogen-bond donors (Lipinski definition) is 1. The number of carbonyl (C=O) groups is 2. The van der Waals surface area contributed by atoms with Crippen LogP contribution in [0.2, 0.25) is 0 Å². The van der Waals surface area contributed by atoms with Crippen molar-refractivity contribution in [3.63, 3.8) is 0 Å². The summed E-state index contributed by atoms with van der Waals surface area (Å²) in [6.07, 6.45) is 0. The maximum atomic E-state index is 12.6. The lowest BCUT2D eigenvalue weighted by atomic mass is 10.1. The van der Waals surface area contributed by atoms with Gasteiger partial charge in [0.1, 0.15) is 12.4 Å². The zero-order valence-electron chi connectivity index (χ0n) is 15.9. The first kappa shape index (κ1) is 20.9. The van der Waals surface area contributed by atoms with Crippen molar-refractivity contribution in [3.05, 3.63) is 80.8 Å². The molecule has 1 aromatic heterocycles. The lowest BCUT2D eigenvalue weighted by molar-refractivity contribution is -0.384. The topological polar surface area (TPSA) is 121 Å². The molecule has 0 saturated heterocycles. The smallest absolute Gasteiger partial charge is 0.338 e. The predicted molar refractivity (Wildman–Crippen MR) is 110 cm³/mol. The molecule has 1 heterocycles. The summed E-state index contributed by atoms with van der Waals surface area (Å²) < 4.78 is 10.5. The van der Waals surface area contributed by atoms with Gasteiger partial charge in [-0.05, 0) is 25.1 Å². The maximum absolute atomic E-state index is 12.6. The van der Waals surface area contributed by atoms with Crippen LogP contribution in [0.3, 0.4) is 0 Å². The van der Waals surface area contributed by atoms with E-state index in [1.807, 2.05) is 30.3 Å². The van der Waals surface area contributed by atoms with Crippen molar-refractivity contribution >= 4 is 34.0 Å². The number of carbonyl (C=O) groups excluding carboxylic acids is 2. The summed E-state index contributed by atoms with van der Waals surface area (Å²) in [4.78, 5) is 39.3. The Kier molecular flexibility index (Phi) is 6.71. The molecule has 30 heavy (non-hydrogen) atoms. The number of nitrogens with one attached hydrogen (secondary N) is 1. The molecule has 0 unspecified atom stereocenters. The molecule has 0 radical (unpaired) electrons. The van der Waals surface area contributed by atoms with Crippen LogP contribution in [0.1, 0.15) is 33.3 Å². The number of amides is 1. The number of thiazole rings is 1. The van der Waals surface area contributed by atoms with Crippen molar-refractivity contribution < 1.29 is 24.0 Å². The van der Waals surface area contributed by atoms with Crippen molar-refractivity contribution in [3.8, 4) is 5.75 Å². The maximum Gasteiger partial charge on any atom is 0.338 e. The second-order valence-electron chi connectivity index (χ2n) is 5.95. The van der Waals surface area contributed by atoms with E-state index in [1.54, 1.807) is 12.3 Å². The van der Waals surface area contributed by atoms with Crippen LogP contribution in [-0.4, -0.2) is 28.4 Å². The number of aromatic nitrogens is 1. The van der Waals surface area contributed by atoms with Gasteiger partial charge < -0.3 is 9.47 Å². The first-order chi connectivity index (χ1) is 14.5. The highest BCUT2D eigenvalue weighted by Gasteiger charge is 2.19. The average Bonchev–Trinajstić information content (AvgIpc) is 3.20. The van der Waals surface area contributed by atoms with Gasteiger partial charge in [0, 0.05) is 23.1 Å². The van der Waals surface area contributed by atoms with Gasteiger partial charge in [-0.2, -0.15) is 0 Å². The number of nitro benzene ring substituents is 1. The molecule has 0 fully saturated rings. The van der Waals surface area contributed by atoms with Crippen LogP contribution in [0.25, 0.3) is 0 Å². The number of non-ortho nitro benzene ring substituents is 1. The molecule has 154 valence electrons. The van der Waals surface area contributed by atoms with Gasteiger partial charge in [-0.3, -0.25) is 20.2 Å². The molecule has 3 aromatic rings. The van der Waals surface area contributed by atoms with E-state index >= 15 is 0 Å². The van der Waals surface area contributed by atoms with E-state index < -0.39 is 16.8 Å². The Balaban J connectivity index is 1.71. The molecule has 1 amide bonds. The molecule has 0 aliphatic carbocycles. The zero-order chi connectivity index (χ0) is 21.5. The monoisotopic (exact) mass is 427 g/mol. The molecule has 3 rings (SSSR count). The zero-order valence-corrected chi connectivity index (χ0v) is 16.7. The predicted octanol–water partition coefficient (Wildman–Crippen LogP) is 4.06. The molecule has 0 atom stereocenters. The Morgan fingerprint density at radius 2 is 1.90 bits per heavy atom. The van der Waals surface area contributed by atoms with E-state index in [0.717, 1.165) is 12.1 Å². The number of nitro groups is 1. The highest BCUT2D eigenvalue weighted by Crippen LogP contribution is 2.22. The first-order valence-electron chi connectivity index (χ1n) is 8.86. The molecular formula is C20H17N3O6S. The summed E-state index contributed by atoms with van der Waals surface area (Å²) in [5.41, 5.74) is 0.101. The fraction of sp³-hybridized carbons (Fsp3) is 0.150. The largest absolute Gasteiger partial charge is 0.487 e. The van der Waals surface area contributed by atoms with E-state index in [1.165, 1.54) is 17.4 Å². The van der Waals surface area contributed by atoms with E-state index in [-0.39, 0.29) is 30.0 Å². The minimum absolute atomic E-state index is 0.0514. The molecule has 0 aliphatic heterocycles. The number of nitrogens with zero attached hydrogens (tertiary/aromatic N) is 2. The van der Waals surface area contributed by atoms with Gasteiger partial charge >= 0.3 is 5.97 Å². The van der Waals surface area contributed by atoms with Crippen LogP contribution < -0.4 is 10.1 Å². The fourth-order valence-corrected chi connectivity index (χ4v) is 3.14. The van der Waals surface area contributed by atoms with E-state index in [2.05, 4.69) is 10.3 Å². The fourth-order valence-electron chi connectivity index (χ4n) is 2.45. The third-order valence-corrected chi connectivity index (χ3v) is 4.61. The number of anilines is 1. The molecule has 1 N–H and O–H groups in total. The molecule has 0 bridgehead atoms. The summed E-state index contributed by atoms with van der Waals surface area (Å²) in [5, 5.41) is 15.8. The van der Waals surface area contributed by atoms with Crippen LogP contribution in [0.5, 0.6) is 5.75 Å². The van der Waals surface area contributed by atoms with Crippen molar-refractivity contribution in [2.45, 2.75) is 13.5 Å². The summed E-state index contributed by atoms with van der Waals surface area (Å²) in [6.45, 7) is 1.95. The Labute approximate surface area is 175 Å². The molecule has 0 aliphatic rings. The van der Waals surface area contributed by atoms with Crippen LogP contribution >= 0.6 is 11.3 Å². The molecule has 0 spiro atoms. The van der Waals surface area contributed by atoms with Gasteiger partial charge in [-0.1, -0.05) is 18.2 Å². The minimum Gasteiger partial charge on any atom is -0.487 e. The minimum atomic E-state index is -0.746. The van der Waals surface area contributed by atoms with Gasteiger partial charge in [0.2, 0.25) is 0 Å². The Morgan fingerprint density at radius 3 is 2.60 bits per heavy atom. The summed E-state index contributed by atoms with van der Waals surface area (Å²) in [6, 6.07) is 12.6. The standard InChI is InChI=1S/C20H17N3O6S/c1-2-28-19(25)14-8-13(9-16(10-14)23(26)27)18(24)22-20-21-15(12-30-20)11-29-17-6-4-3-5-7-17/h3-10,12H,2,11H2,1H3,(H,21,22,24). The lowest BCUT2D eigenvalue weighted by Crippen LogP contribution is -2.14. The summed E-state index contributed by atoms with van der Waals surface area (Å²) >= 11 is 1.19. The van der Waals surface area contributed by atoms with Crippen molar-refractivity contribution in [2.75, 3.05) is 11.9 Å². The highest BCUT2D eigenvalue weighted by atomic mass is 32.1. The molecular weight excluding hydrogens is 410 g/mol. The average molecular weight is 427 g/mol.